The Balaban J connectivity index is 2.19. The van der Waals surface area contributed by atoms with Gasteiger partial charge in [-0.2, -0.15) is 0 Å². The highest BCUT2D eigenvalue weighted by atomic mass is 32.2. The fourth-order valence-electron chi connectivity index (χ4n) is 1.67. The highest BCUT2D eigenvalue weighted by Crippen LogP contribution is 2.26. The molecule has 0 bridgehead atoms. The first kappa shape index (κ1) is 13.4. The number of thioether (sulfide) groups is 1. The van der Waals surface area contributed by atoms with Gasteiger partial charge in [0.05, 0.1) is 0 Å². The minimum atomic E-state index is -0.242. The largest absolute Gasteiger partial charge is 0.409 e. The molecular weight excluding hydrogens is 263 g/mol. The van der Waals surface area contributed by atoms with E-state index in [-0.39, 0.29) is 11.7 Å². The van der Waals surface area contributed by atoms with Crippen molar-refractivity contribution in [3.8, 4) is 0 Å². The minimum Gasteiger partial charge on any atom is -0.409 e. The lowest BCUT2D eigenvalue weighted by atomic mass is 10.1. The van der Waals surface area contributed by atoms with Crippen LogP contribution in [0.4, 0.5) is 4.39 Å². The molecule has 3 nitrogen and oxygen atoms in total. The molecular formula is C14H13FN2OS. The molecule has 2 aromatic carbocycles. The number of nitrogens with two attached hydrogens (primary N) is 1. The van der Waals surface area contributed by atoms with E-state index >= 15 is 0 Å². The summed E-state index contributed by atoms with van der Waals surface area (Å²) in [6, 6.07) is 13.9. The summed E-state index contributed by atoms with van der Waals surface area (Å²) in [5.74, 6) is 0.367. The molecule has 2 rings (SSSR count). The Morgan fingerprint density at radius 3 is 2.58 bits per heavy atom. The average Bonchev–Trinajstić information content (AvgIpc) is 2.46. The van der Waals surface area contributed by atoms with Crippen molar-refractivity contribution in [1.82, 2.24) is 0 Å². The second-order valence-corrected chi connectivity index (χ2v) is 4.88. The molecule has 0 atom stereocenters. The Morgan fingerprint density at radius 2 is 1.84 bits per heavy atom. The normalized spacial score (nSPS) is 11.5. The van der Waals surface area contributed by atoms with E-state index in [0.717, 1.165) is 5.56 Å². The first-order valence-corrected chi connectivity index (χ1v) is 6.64. The third-order valence-corrected chi connectivity index (χ3v) is 3.72. The number of oxime groups is 1. The number of rotatable bonds is 4. The van der Waals surface area contributed by atoms with Gasteiger partial charge in [-0.25, -0.2) is 4.39 Å². The molecule has 0 aromatic heterocycles. The molecule has 19 heavy (non-hydrogen) atoms. The van der Waals surface area contributed by atoms with E-state index in [0.29, 0.717) is 16.2 Å². The van der Waals surface area contributed by atoms with Gasteiger partial charge in [0.1, 0.15) is 5.82 Å². The second-order valence-electron chi connectivity index (χ2n) is 3.86. The Labute approximate surface area is 114 Å². The molecule has 2 aromatic rings. The molecule has 0 saturated carbocycles. The fourth-order valence-corrected chi connectivity index (χ4v) is 2.61. The maximum Gasteiger partial charge on any atom is 0.170 e. The van der Waals surface area contributed by atoms with Crippen molar-refractivity contribution in [1.29, 1.82) is 0 Å². The minimum absolute atomic E-state index is 0.0599. The summed E-state index contributed by atoms with van der Waals surface area (Å²) in [4.78, 5) is 0.580. The lowest BCUT2D eigenvalue weighted by Gasteiger charge is -2.08. The number of nitrogens with zero attached hydrogens (tertiary/aromatic N) is 1. The maximum atomic E-state index is 13.5. The second kappa shape index (κ2) is 6.24. The van der Waals surface area contributed by atoms with Gasteiger partial charge in [0.25, 0.3) is 0 Å². The predicted molar refractivity (Wildman–Crippen MR) is 74.9 cm³/mol. The van der Waals surface area contributed by atoms with Gasteiger partial charge in [-0.15, -0.1) is 11.8 Å². The summed E-state index contributed by atoms with van der Waals surface area (Å²) in [7, 11) is 0. The monoisotopic (exact) mass is 276 g/mol. The lowest BCUT2D eigenvalue weighted by molar-refractivity contribution is 0.318. The molecule has 0 amide bonds. The summed E-state index contributed by atoms with van der Waals surface area (Å²) in [5.41, 5.74) is 7.17. The molecule has 0 aliphatic rings. The van der Waals surface area contributed by atoms with Crippen molar-refractivity contribution in [3.63, 3.8) is 0 Å². The van der Waals surface area contributed by atoms with Crippen LogP contribution in [0.1, 0.15) is 11.1 Å². The van der Waals surface area contributed by atoms with E-state index in [2.05, 4.69) is 5.16 Å². The molecule has 98 valence electrons. The molecule has 0 spiro atoms. The summed E-state index contributed by atoms with van der Waals surface area (Å²) in [6.45, 7) is 0. The average molecular weight is 276 g/mol. The van der Waals surface area contributed by atoms with Crippen LogP contribution in [0, 0.1) is 5.82 Å². The van der Waals surface area contributed by atoms with Gasteiger partial charge >= 0.3 is 0 Å². The van der Waals surface area contributed by atoms with Gasteiger partial charge in [0.15, 0.2) is 5.84 Å². The van der Waals surface area contributed by atoms with Crippen molar-refractivity contribution in [3.05, 3.63) is 65.5 Å². The van der Waals surface area contributed by atoms with Crippen molar-refractivity contribution < 1.29 is 9.60 Å². The fraction of sp³-hybridized carbons (Fsp3) is 0.0714. The highest BCUT2D eigenvalue weighted by molar-refractivity contribution is 7.98. The van der Waals surface area contributed by atoms with Crippen molar-refractivity contribution >= 4 is 17.6 Å². The standard InChI is InChI=1S/C14H13FN2OS/c15-12-7-3-4-8-13(12)19-9-10-5-1-2-6-11(10)14(16)17-18/h1-8,18H,9H2,(H2,16,17). The zero-order valence-electron chi connectivity index (χ0n) is 10.1. The Morgan fingerprint density at radius 1 is 1.16 bits per heavy atom. The van der Waals surface area contributed by atoms with E-state index in [1.54, 1.807) is 24.3 Å². The van der Waals surface area contributed by atoms with Gasteiger partial charge in [-0.3, -0.25) is 0 Å². The van der Waals surface area contributed by atoms with Gasteiger partial charge in [-0.05, 0) is 17.7 Å². The Hall–Kier alpha value is -2.01. The zero-order valence-corrected chi connectivity index (χ0v) is 10.9. The summed E-state index contributed by atoms with van der Waals surface area (Å²) >= 11 is 1.38. The summed E-state index contributed by atoms with van der Waals surface area (Å²) < 4.78 is 13.5. The smallest absolute Gasteiger partial charge is 0.170 e. The van der Waals surface area contributed by atoms with Crippen LogP contribution in [0.3, 0.4) is 0 Å². The summed E-state index contributed by atoms with van der Waals surface area (Å²) in [5, 5.41) is 11.7. The van der Waals surface area contributed by atoms with Crippen molar-refractivity contribution in [2.45, 2.75) is 10.6 Å². The first-order valence-electron chi connectivity index (χ1n) is 5.65. The van der Waals surface area contributed by atoms with Gasteiger partial charge in [0, 0.05) is 16.2 Å². The lowest BCUT2D eigenvalue weighted by Crippen LogP contribution is -2.15. The Kier molecular flexibility index (Phi) is 4.41. The van der Waals surface area contributed by atoms with E-state index in [1.807, 2.05) is 18.2 Å². The van der Waals surface area contributed by atoms with Crippen molar-refractivity contribution in [2.24, 2.45) is 10.9 Å². The predicted octanol–water partition coefficient (Wildman–Crippen LogP) is 3.21. The molecule has 0 radical (unpaired) electrons. The molecule has 0 heterocycles. The van der Waals surface area contributed by atoms with Gasteiger partial charge in [-0.1, -0.05) is 41.6 Å². The topological polar surface area (TPSA) is 58.6 Å². The van der Waals surface area contributed by atoms with Gasteiger partial charge < -0.3 is 10.9 Å². The van der Waals surface area contributed by atoms with Gasteiger partial charge in [0.2, 0.25) is 0 Å². The molecule has 0 aliphatic heterocycles. The van der Waals surface area contributed by atoms with Crippen LogP contribution >= 0.6 is 11.8 Å². The Bertz CT molecular complexity index is 602. The van der Waals surface area contributed by atoms with Crippen LogP contribution in [0.25, 0.3) is 0 Å². The molecule has 0 fully saturated rings. The van der Waals surface area contributed by atoms with Crippen LogP contribution in [0.5, 0.6) is 0 Å². The summed E-state index contributed by atoms with van der Waals surface area (Å²) in [6.07, 6.45) is 0. The zero-order chi connectivity index (χ0) is 13.7. The third kappa shape index (κ3) is 3.26. The van der Waals surface area contributed by atoms with Crippen LogP contribution in [0.2, 0.25) is 0 Å². The van der Waals surface area contributed by atoms with Crippen LogP contribution in [0.15, 0.2) is 58.6 Å². The van der Waals surface area contributed by atoms with E-state index < -0.39 is 0 Å². The van der Waals surface area contributed by atoms with E-state index in [1.165, 1.54) is 17.8 Å². The number of halogens is 1. The number of benzene rings is 2. The van der Waals surface area contributed by atoms with Crippen LogP contribution < -0.4 is 5.73 Å². The molecule has 3 N–H and O–H groups in total. The van der Waals surface area contributed by atoms with Crippen molar-refractivity contribution in [2.75, 3.05) is 0 Å². The molecule has 5 heteroatoms. The molecule has 0 unspecified atom stereocenters. The van der Waals surface area contributed by atoms with Crippen LogP contribution in [-0.2, 0) is 5.75 Å². The third-order valence-electron chi connectivity index (χ3n) is 2.62. The number of hydrogen-bond acceptors (Lipinski definition) is 3. The van der Waals surface area contributed by atoms with E-state index in [4.69, 9.17) is 10.9 Å². The number of amidine groups is 1. The molecule has 0 aliphatic carbocycles. The highest BCUT2D eigenvalue weighted by Gasteiger charge is 2.08. The van der Waals surface area contributed by atoms with Crippen LogP contribution in [-0.4, -0.2) is 11.0 Å². The van der Waals surface area contributed by atoms with E-state index in [9.17, 15) is 4.39 Å². The SMILES string of the molecule is N/C(=N\O)c1ccccc1CSc1ccccc1F. The first-order chi connectivity index (χ1) is 9.22. The number of hydrogen-bond donors (Lipinski definition) is 2. The quantitative estimate of drug-likeness (QED) is 0.296. The molecule has 0 saturated heterocycles. The maximum absolute atomic E-state index is 13.5.